The van der Waals surface area contributed by atoms with Gasteiger partial charge in [0.05, 0.1) is 12.3 Å². The van der Waals surface area contributed by atoms with Gasteiger partial charge in [-0.25, -0.2) is 0 Å². The van der Waals surface area contributed by atoms with Crippen LogP contribution in [0.5, 0.6) is 11.5 Å². The molecular weight excluding hydrogens is 290 g/mol. The molecule has 2 aromatic carbocycles. The molecule has 21 heavy (non-hydrogen) atoms. The molecule has 5 heteroatoms. The molecule has 0 aromatic heterocycles. The molecule has 0 radical (unpaired) electrons. The molecule has 0 bridgehead atoms. The summed E-state index contributed by atoms with van der Waals surface area (Å²) >= 11 is 5.93. The Bertz CT molecular complexity index is 643. The van der Waals surface area contributed by atoms with Gasteiger partial charge in [0, 0.05) is 10.6 Å². The van der Waals surface area contributed by atoms with Gasteiger partial charge >= 0.3 is 0 Å². The van der Waals surface area contributed by atoms with Crippen LogP contribution in [0.3, 0.4) is 0 Å². The maximum atomic E-state index is 10.9. The lowest BCUT2D eigenvalue weighted by molar-refractivity contribution is 0.112. The van der Waals surface area contributed by atoms with E-state index in [0.29, 0.717) is 41.0 Å². The fraction of sp³-hybridized carbons (Fsp3) is 0.188. The van der Waals surface area contributed by atoms with Crippen LogP contribution >= 0.6 is 11.6 Å². The molecule has 0 unspecified atom stereocenters. The van der Waals surface area contributed by atoms with Gasteiger partial charge in [-0.05, 0) is 36.8 Å². The zero-order chi connectivity index (χ0) is 15.2. The Balaban J connectivity index is 2.24. The molecule has 0 saturated heterocycles. The Morgan fingerprint density at radius 1 is 1.24 bits per heavy atom. The van der Waals surface area contributed by atoms with Crippen LogP contribution in [-0.4, -0.2) is 12.9 Å². The predicted molar refractivity (Wildman–Crippen MR) is 83.2 cm³/mol. The highest BCUT2D eigenvalue weighted by Gasteiger charge is 2.12. The number of rotatable bonds is 6. The van der Waals surface area contributed by atoms with Crippen molar-refractivity contribution in [2.45, 2.75) is 13.5 Å². The van der Waals surface area contributed by atoms with Crippen molar-refractivity contribution in [1.29, 1.82) is 0 Å². The van der Waals surface area contributed by atoms with E-state index in [4.69, 9.17) is 26.8 Å². The van der Waals surface area contributed by atoms with Crippen LogP contribution < -0.4 is 15.2 Å². The molecule has 0 aliphatic rings. The number of hydrogen-bond donors (Lipinski definition) is 1. The number of nitrogen functional groups attached to an aromatic ring is 1. The fourth-order valence-corrected chi connectivity index (χ4v) is 2.13. The molecule has 0 fully saturated rings. The van der Waals surface area contributed by atoms with Crippen molar-refractivity contribution >= 4 is 23.6 Å². The molecule has 2 N–H and O–H groups in total. The summed E-state index contributed by atoms with van der Waals surface area (Å²) in [6.45, 7) is 2.62. The Kier molecular flexibility index (Phi) is 5.06. The number of hydrogen-bond acceptors (Lipinski definition) is 4. The Hall–Kier alpha value is -2.20. The average molecular weight is 306 g/mol. The first-order chi connectivity index (χ1) is 10.1. The van der Waals surface area contributed by atoms with Crippen molar-refractivity contribution in [3.05, 3.63) is 52.5 Å². The van der Waals surface area contributed by atoms with Gasteiger partial charge in [0.1, 0.15) is 12.9 Å². The van der Waals surface area contributed by atoms with Crippen LogP contribution in [0.4, 0.5) is 5.69 Å². The molecule has 0 aliphatic heterocycles. The van der Waals surface area contributed by atoms with E-state index in [-0.39, 0.29) is 0 Å². The molecule has 2 rings (SSSR count). The first kappa shape index (κ1) is 15.2. The monoisotopic (exact) mass is 305 g/mol. The highest BCUT2D eigenvalue weighted by molar-refractivity contribution is 6.30. The summed E-state index contributed by atoms with van der Waals surface area (Å²) in [4.78, 5) is 10.9. The Labute approximate surface area is 128 Å². The van der Waals surface area contributed by atoms with E-state index in [1.165, 1.54) is 0 Å². The smallest absolute Gasteiger partial charge is 0.184 e. The molecule has 0 saturated carbocycles. The first-order valence-electron chi connectivity index (χ1n) is 6.52. The number of halogens is 1. The Morgan fingerprint density at radius 2 is 2.05 bits per heavy atom. The zero-order valence-corrected chi connectivity index (χ0v) is 12.4. The average Bonchev–Trinajstić information content (AvgIpc) is 2.46. The predicted octanol–water partition coefficient (Wildman–Crippen LogP) is 3.71. The van der Waals surface area contributed by atoms with Crippen molar-refractivity contribution in [2.24, 2.45) is 0 Å². The standard InChI is InChI=1S/C16H16ClNO3/c1-2-20-15-8-12(9-19)7-14(18)16(15)21-10-11-4-3-5-13(17)6-11/h3-9H,2,10,18H2,1H3. The van der Waals surface area contributed by atoms with E-state index in [9.17, 15) is 4.79 Å². The van der Waals surface area contributed by atoms with Crippen LogP contribution in [0.1, 0.15) is 22.8 Å². The summed E-state index contributed by atoms with van der Waals surface area (Å²) in [7, 11) is 0. The number of anilines is 1. The number of carbonyl (C=O) groups is 1. The minimum Gasteiger partial charge on any atom is -0.490 e. The highest BCUT2D eigenvalue weighted by Crippen LogP contribution is 2.35. The lowest BCUT2D eigenvalue weighted by Gasteiger charge is -2.15. The van der Waals surface area contributed by atoms with Crippen molar-refractivity contribution < 1.29 is 14.3 Å². The third-order valence-electron chi connectivity index (χ3n) is 2.81. The zero-order valence-electron chi connectivity index (χ0n) is 11.6. The van der Waals surface area contributed by atoms with E-state index in [1.807, 2.05) is 25.1 Å². The molecule has 110 valence electrons. The summed E-state index contributed by atoms with van der Waals surface area (Å²) < 4.78 is 11.2. The summed E-state index contributed by atoms with van der Waals surface area (Å²) in [5.74, 6) is 0.893. The minimum atomic E-state index is 0.311. The van der Waals surface area contributed by atoms with Gasteiger partial charge in [0.15, 0.2) is 11.5 Å². The molecule has 0 spiro atoms. The highest BCUT2D eigenvalue weighted by atomic mass is 35.5. The maximum absolute atomic E-state index is 10.9. The third-order valence-corrected chi connectivity index (χ3v) is 3.05. The Morgan fingerprint density at radius 3 is 2.71 bits per heavy atom. The van der Waals surface area contributed by atoms with Gasteiger partial charge in [0.2, 0.25) is 0 Å². The second-order valence-electron chi connectivity index (χ2n) is 4.41. The minimum absolute atomic E-state index is 0.311. The topological polar surface area (TPSA) is 61.5 Å². The molecule has 2 aromatic rings. The van der Waals surface area contributed by atoms with Crippen molar-refractivity contribution in [3.63, 3.8) is 0 Å². The van der Waals surface area contributed by atoms with Crippen LogP contribution in [0.25, 0.3) is 0 Å². The van der Waals surface area contributed by atoms with Gasteiger partial charge in [-0.2, -0.15) is 0 Å². The molecule has 0 aliphatic carbocycles. The van der Waals surface area contributed by atoms with Crippen LogP contribution in [0.15, 0.2) is 36.4 Å². The van der Waals surface area contributed by atoms with E-state index in [2.05, 4.69) is 0 Å². The van der Waals surface area contributed by atoms with Gasteiger partial charge < -0.3 is 15.2 Å². The molecule has 0 atom stereocenters. The molecular formula is C16H16ClNO3. The van der Waals surface area contributed by atoms with Gasteiger partial charge in [0.25, 0.3) is 0 Å². The van der Waals surface area contributed by atoms with Crippen molar-refractivity contribution in [2.75, 3.05) is 12.3 Å². The summed E-state index contributed by atoms with van der Waals surface area (Å²) in [5.41, 5.74) is 7.67. The van der Waals surface area contributed by atoms with Crippen LogP contribution in [0.2, 0.25) is 5.02 Å². The number of benzene rings is 2. The van der Waals surface area contributed by atoms with Crippen LogP contribution in [-0.2, 0) is 6.61 Å². The van der Waals surface area contributed by atoms with Gasteiger partial charge in [-0.15, -0.1) is 0 Å². The maximum Gasteiger partial charge on any atom is 0.184 e. The number of carbonyl (C=O) groups excluding carboxylic acids is 1. The number of ether oxygens (including phenoxy) is 2. The molecule has 0 heterocycles. The van der Waals surface area contributed by atoms with E-state index < -0.39 is 0 Å². The fourth-order valence-electron chi connectivity index (χ4n) is 1.91. The van der Waals surface area contributed by atoms with E-state index >= 15 is 0 Å². The van der Waals surface area contributed by atoms with Gasteiger partial charge in [-0.3, -0.25) is 4.79 Å². The first-order valence-corrected chi connectivity index (χ1v) is 6.90. The number of aldehydes is 1. The lowest BCUT2D eigenvalue weighted by Crippen LogP contribution is -2.03. The molecule has 4 nitrogen and oxygen atoms in total. The number of nitrogens with two attached hydrogens (primary N) is 1. The summed E-state index contributed by atoms with van der Waals surface area (Å²) in [6, 6.07) is 10.5. The van der Waals surface area contributed by atoms with Crippen LogP contribution in [0, 0.1) is 0 Å². The third kappa shape index (κ3) is 3.89. The normalized spacial score (nSPS) is 10.2. The van der Waals surface area contributed by atoms with E-state index in [1.54, 1.807) is 18.2 Å². The van der Waals surface area contributed by atoms with Gasteiger partial charge in [-0.1, -0.05) is 23.7 Å². The second kappa shape index (κ2) is 6.99. The quantitative estimate of drug-likeness (QED) is 0.653. The van der Waals surface area contributed by atoms with Crippen molar-refractivity contribution in [1.82, 2.24) is 0 Å². The molecule has 0 amide bonds. The van der Waals surface area contributed by atoms with E-state index in [0.717, 1.165) is 11.8 Å². The summed E-state index contributed by atoms with van der Waals surface area (Å²) in [5, 5.41) is 0.644. The second-order valence-corrected chi connectivity index (χ2v) is 4.84. The lowest BCUT2D eigenvalue weighted by atomic mass is 10.2. The SMILES string of the molecule is CCOc1cc(C=O)cc(N)c1OCc1cccc(Cl)c1. The summed E-state index contributed by atoms with van der Waals surface area (Å²) in [6.07, 6.45) is 0.722. The largest absolute Gasteiger partial charge is 0.490 e. The van der Waals surface area contributed by atoms with Crippen molar-refractivity contribution in [3.8, 4) is 11.5 Å².